The van der Waals surface area contributed by atoms with E-state index in [0.717, 1.165) is 57.8 Å². The second-order valence-electron chi connectivity index (χ2n) is 14.1. The van der Waals surface area contributed by atoms with Crippen molar-refractivity contribution in [2.24, 2.45) is 5.73 Å². The molecule has 1 amide bonds. The fraction of sp³-hybridized carbons (Fsp3) is 0.833. The molecule has 0 aliphatic heterocycles. The van der Waals surface area contributed by atoms with Crippen molar-refractivity contribution >= 4 is 17.8 Å². The quantitative estimate of drug-likeness (QED) is 0.0339. The van der Waals surface area contributed by atoms with Gasteiger partial charge in [0, 0.05) is 12.8 Å². The number of unbranched alkanes of at least 4 members (excludes halogenated alkanes) is 19. The molecule has 2 atom stereocenters. The van der Waals surface area contributed by atoms with Crippen molar-refractivity contribution in [3.05, 3.63) is 24.3 Å². The maximum atomic E-state index is 12.5. The van der Waals surface area contributed by atoms with E-state index in [1.165, 1.54) is 103 Å². The first-order chi connectivity index (χ1) is 23.9. The Bertz CT molecular complexity index is 828. The van der Waals surface area contributed by atoms with Gasteiger partial charge in [-0.2, -0.15) is 0 Å². The van der Waals surface area contributed by atoms with Gasteiger partial charge >= 0.3 is 11.9 Å². The van der Waals surface area contributed by atoms with Gasteiger partial charge in [0.05, 0.1) is 0 Å². The fourth-order valence-corrected chi connectivity index (χ4v) is 6.11. The molecule has 7 nitrogen and oxygen atoms in total. The predicted octanol–water partition coefficient (Wildman–Crippen LogP) is 11.3. The van der Waals surface area contributed by atoms with Crippen molar-refractivity contribution in [3.8, 4) is 0 Å². The zero-order valence-electron chi connectivity index (χ0n) is 32.0. The zero-order valence-corrected chi connectivity index (χ0v) is 32.0. The van der Waals surface area contributed by atoms with E-state index in [1.807, 2.05) is 0 Å². The number of carboxylic acids is 1. The normalized spacial score (nSPS) is 12.9. The van der Waals surface area contributed by atoms with E-state index >= 15 is 0 Å². The highest BCUT2D eigenvalue weighted by Gasteiger charge is 2.19. The van der Waals surface area contributed by atoms with Gasteiger partial charge in [-0.05, 0) is 83.6 Å². The number of carbonyl (C=O) groups excluding carboxylic acids is 2. The number of nitrogens with one attached hydrogen (secondary N) is 1. The number of ether oxygens (including phenoxy) is 1. The number of esters is 1. The van der Waals surface area contributed by atoms with Gasteiger partial charge in [-0.25, -0.2) is 4.79 Å². The van der Waals surface area contributed by atoms with E-state index in [-0.39, 0.29) is 18.0 Å². The highest BCUT2D eigenvalue weighted by molar-refractivity contribution is 5.83. The Morgan fingerprint density at radius 1 is 0.592 bits per heavy atom. The molecule has 0 bridgehead atoms. The number of hydrogen-bond acceptors (Lipinski definition) is 5. The number of carboxylic acid groups (broad SMARTS) is 1. The van der Waals surface area contributed by atoms with Gasteiger partial charge in [0.15, 0.2) is 0 Å². The molecule has 0 aliphatic rings. The van der Waals surface area contributed by atoms with Crippen molar-refractivity contribution < 1.29 is 24.2 Å². The Kier molecular flexibility index (Phi) is 35.5. The molecule has 0 saturated carbocycles. The maximum Gasteiger partial charge on any atom is 0.326 e. The summed E-state index contributed by atoms with van der Waals surface area (Å²) in [6.07, 6.45) is 41.4. The predicted molar refractivity (Wildman–Crippen MR) is 207 cm³/mol. The third kappa shape index (κ3) is 34.1. The minimum Gasteiger partial charge on any atom is -0.480 e. The largest absolute Gasteiger partial charge is 0.480 e. The van der Waals surface area contributed by atoms with Crippen molar-refractivity contribution in [1.82, 2.24) is 5.32 Å². The van der Waals surface area contributed by atoms with Gasteiger partial charge < -0.3 is 20.9 Å². The van der Waals surface area contributed by atoms with E-state index in [1.54, 1.807) is 0 Å². The van der Waals surface area contributed by atoms with E-state index in [9.17, 15) is 19.5 Å². The minimum absolute atomic E-state index is 0.0487. The second kappa shape index (κ2) is 37.1. The van der Waals surface area contributed by atoms with Gasteiger partial charge in [0.1, 0.15) is 12.1 Å². The van der Waals surface area contributed by atoms with E-state index in [0.29, 0.717) is 38.6 Å². The molecule has 0 rings (SSSR count). The van der Waals surface area contributed by atoms with E-state index in [4.69, 9.17) is 10.5 Å². The maximum absolute atomic E-state index is 12.5. The fourth-order valence-electron chi connectivity index (χ4n) is 6.11. The molecular formula is C42H78N2O5. The number of hydrogen-bond donors (Lipinski definition) is 3. The second-order valence-corrected chi connectivity index (χ2v) is 14.1. The van der Waals surface area contributed by atoms with Crippen LogP contribution in [0.1, 0.15) is 206 Å². The average molecular weight is 691 g/mol. The van der Waals surface area contributed by atoms with Crippen LogP contribution in [0.4, 0.5) is 0 Å². The number of nitrogens with two attached hydrogens (primary N) is 1. The zero-order chi connectivity index (χ0) is 36.0. The van der Waals surface area contributed by atoms with Crippen molar-refractivity contribution in [3.63, 3.8) is 0 Å². The van der Waals surface area contributed by atoms with Crippen molar-refractivity contribution in [1.29, 1.82) is 0 Å². The smallest absolute Gasteiger partial charge is 0.326 e. The summed E-state index contributed by atoms with van der Waals surface area (Å²) >= 11 is 0. The summed E-state index contributed by atoms with van der Waals surface area (Å²) in [5, 5.41) is 11.9. The SMILES string of the molecule is CCCCCCC/C=C\C/C=C\CCCCCCCCCCCCCC(=O)OC(CCCC)CCCCCC(=O)NC(CCCN)C(=O)O. The van der Waals surface area contributed by atoms with Gasteiger partial charge in [-0.3, -0.25) is 9.59 Å². The molecular weight excluding hydrogens is 612 g/mol. The summed E-state index contributed by atoms with van der Waals surface area (Å²) in [5.41, 5.74) is 5.46. The molecule has 0 aromatic carbocycles. The molecule has 2 unspecified atom stereocenters. The third-order valence-electron chi connectivity index (χ3n) is 9.27. The summed E-state index contributed by atoms with van der Waals surface area (Å²) in [6.45, 7) is 4.82. The Morgan fingerprint density at radius 2 is 1.08 bits per heavy atom. The number of aliphatic carboxylic acids is 1. The van der Waals surface area contributed by atoms with Crippen LogP contribution >= 0.6 is 0 Å². The summed E-state index contributed by atoms with van der Waals surface area (Å²) < 4.78 is 5.85. The highest BCUT2D eigenvalue weighted by Crippen LogP contribution is 2.17. The minimum atomic E-state index is -1.02. The van der Waals surface area contributed by atoms with Crippen LogP contribution in [-0.2, 0) is 19.1 Å². The summed E-state index contributed by atoms with van der Waals surface area (Å²) in [7, 11) is 0. The van der Waals surface area contributed by atoms with Crippen LogP contribution < -0.4 is 11.1 Å². The Labute approximate surface area is 302 Å². The molecule has 0 spiro atoms. The van der Waals surface area contributed by atoms with Gasteiger partial charge in [0.25, 0.3) is 0 Å². The summed E-state index contributed by atoms with van der Waals surface area (Å²) in [4.78, 5) is 36.0. The Morgan fingerprint density at radius 3 is 1.63 bits per heavy atom. The summed E-state index contributed by atoms with van der Waals surface area (Å²) in [6, 6.07) is -0.871. The molecule has 0 heterocycles. The third-order valence-corrected chi connectivity index (χ3v) is 9.27. The van der Waals surface area contributed by atoms with E-state index in [2.05, 4.69) is 43.5 Å². The number of allylic oxidation sites excluding steroid dienone is 4. The lowest BCUT2D eigenvalue weighted by Gasteiger charge is -2.18. The number of amides is 1. The number of carbonyl (C=O) groups is 3. The molecule has 0 radical (unpaired) electrons. The van der Waals surface area contributed by atoms with Crippen LogP contribution in [-0.4, -0.2) is 41.6 Å². The molecule has 286 valence electrons. The molecule has 0 aromatic heterocycles. The van der Waals surface area contributed by atoms with Crippen LogP contribution in [0.3, 0.4) is 0 Å². The first kappa shape index (κ1) is 46.9. The van der Waals surface area contributed by atoms with Crippen molar-refractivity contribution in [2.45, 2.75) is 219 Å². The summed E-state index contributed by atoms with van der Waals surface area (Å²) in [5.74, 6) is -1.32. The number of rotatable bonds is 37. The molecule has 7 heteroatoms. The van der Waals surface area contributed by atoms with Gasteiger partial charge in [0.2, 0.25) is 5.91 Å². The Hall–Kier alpha value is -2.15. The molecule has 0 aliphatic carbocycles. The first-order valence-electron chi connectivity index (χ1n) is 20.7. The molecule has 49 heavy (non-hydrogen) atoms. The van der Waals surface area contributed by atoms with Crippen LogP contribution in [0.15, 0.2) is 24.3 Å². The Balaban J connectivity index is 3.75. The molecule has 0 fully saturated rings. The van der Waals surface area contributed by atoms with Crippen LogP contribution in [0.5, 0.6) is 0 Å². The average Bonchev–Trinajstić information content (AvgIpc) is 3.08. The molecule has 4 N–H and O–H groups in total. The van der Waals surface area contributed by atoms with Crippen molar-refractivity contribution in [2.75, 3.05) is 6.54 Å². The lowest BCUT2D eigenvalue weighted by atomic mass is 10.0. The van der Waals surface area contributed by atoms with E-state index < -0.39 is 12.0 Å². The van der Waals surface area contributed by atoms with Gasteiger partial charge in [-0.1, -0.05) is 141 Å². The lowest BCUT2D eigenvalue weighted by Crippen LogP contribution is -2.40. The first-order valence-corrected chi connectivity index (χ1v) is 20.7. The van der Waals surface area contributed by atoms with Crippen LogP contribution in [0.25, 0.3) is 0 Å². The molecule has 0 saturated heterocycles. The topological polar surface area (TPSA) is 119 Å². The molecule has 0 aromatic rings. The van der Waals surface area contributed by atoms with Crippen LogP contribution in [0, 0.1) is 0 Å². The van der Waals surface area contributed by atoms with Gasteiger partial charge in [-0.15, -0.1) is 0 Å². The van der Waals surface area contributed by atoms with Crippen LogP contribution in [0.2, 0.25) is 0 Å². The standard InChI is InChI=1S/C42H78N2O5/c1-3-5-7-8-9-10-11-12-13-14-15-16-17-18-19-20-21-22-23-24-25-26-30-36-41(46)49-38(32-6-4-2)33-28-27-29-35-40(45)44-39(42(47)48)34-31-37-43/h11-12,14-15,38-39H,3-10,13,16-37,43H2,1-2H3,(H,44,45)(H,47,48)/b12-11-,15-14-. The lowest BCUT2D eigenvalue weighted by molar-refractivity contribution is -0.150. The highest BCUT2D eigenvalue weighted by atomic mass is 16.5. The monoisotopic (exact) mass is 691 g/mol.